The second-order valence-electron chi connectivity index (χ2n) is 3.59. The zero-order valence-corrected chi connectivity index (χ0v) is 8.47. The Kier molecular flexibility index (Phi) is 8.02. The van der Waals surface area contributed by atoms with Gasteiger partial charge in [-0.2, -0.15) is 0 Å². The fraction of sp³-hybridized carbons (Fsp3) is 1.00. The van der Waals surface area contributed by atoms with Gasteiger partial charge in [-0.3, -0.25) is 0 Å². The number of nitrogens with two attached hydrogens (primary N) is 2. The minimum absolute atomic E-state index is 0.125. The van der Waals surface area contributed by atoms with Crippen LogP contribution in [0.4, 0.5) is 0 Å². The predicted octanol–water partition coefficient (Wildman–Crippen LogP) is -1.45. The summed E-state index contributed by atoms with van der Waals surface area (Å²) in [5, 5.41) is 27.1. The van der Waals surface area contributed by atoms with Gasteiger partial charge >= 0.3 is 0 Å². The molecule has 14 heavy (non-hydrogen) atoms. The van der Waals surface area contributed by atoms with Crippen LogP contribution in [0, 0.1) is 0 Å². The molecule has 0 saturated carbocycles. The van der Waals surface area contributed by atoms with Gasteiger partial charge in [0.15, 0.2) is 0 Å². The van der Waals surface area contributed by atoms with Gasteiger partial charge in [-0.25, -0.2) is 0 Å². The Balaban J connectivity index is 3.58. The summed E-state index contributed by atoms with van der Waals surface area (Å²) >= 11 is 0. The van der Waals surface area contributed by atoms with Crippen LogP contribution in [0.15, 0.2) is 0 Å². The summed E-state index contributed by atoms with van der Waals surface area (Å²) in [5.74, 6) is 0. The second kappa shape index (κ2) is 8.14. The standard InChI is InChI=1S/C9H22N2O3/c10-4-2-1-3-8(11)9(14)5-7(13)6-12/h7-9,12-14H,1-6,10-11H2/t7?,8-,9?/m0/s1. The first kappa shape index (κ1) is 13.8. The number of unbranched alkanes of at least 4 members (excludes halogenated alkanes) is 1. The lowest BCUT2D eigenvalue weighted by molar-refractivity contribution is 0.0310. The SMILES string of the molecule is NCCCC[C@H](N)C(O)CC(O)CO. The molecule has 0 amide bonds. The largest absolute Gasteiger partial charge is 0.394 e. The van der Waals surface area contributed by atoms with Gasteiger partial charge in [0.2, 0.25) is 0 Å². The average Bonchev–Trinajstić information content (AvgIpc) is 2.17. The van der Waals surface area contributed by atoms with Crippen LogP contribution in [-0.4, -0.2) is 46.7 Å². The Morgan fingerprint density at radius 3 is 2.29 bits per heavy atom. The number of hydrogen-bond donors (Lipinski definition) is 5. The molecule has 0 saturated heterocycles. The molecule has 0 rings (SSSR count). The summed E-state index contributed by atoms with van der Waals surface area (Å²) in [7, 11) is 0. The lowest BCUT2D eigenvalue weighted by Gasteiger charge is -2.20. The summed E-state index contributed by atoms with van der Waals surface area (Å²) < 4.78 is 0. The maximum atomic E-state index is 9.49. The molecule has 0 aromatic rings. The third kappa shape index (κ3) is 6.28. The first-order valence-electron chi connectivity index (χ1n) is 5.04. The first-order valence-corrected chi connectivity index (χ1v) is 5.04. The number of aliphatic hydroxyl groups excluding tert-OH is 3. The molecular weight excluding hydrogens is 184 g/mol. The number of hydrogen-bond acceptors (Lipinski definition) is 5. The fourth-order valence-corrected chi connectivity index (χ4v) is 1.24. The molecule has 0 aromatic heterocycles. The van der Waals surface area contributed by atoms with Crippen LogP contribution in [0.3, 0.4) is 0 Å². The van der Waals surface area contributed by atoms with Crippen molar-refractivity contribution in [3.63, 3.8) is 0 Å². The van der Waals surface area contributed by atoms with Crippen LogP contribution >= 0.6 is 0 Å². The van der Waals surface area contributed by atoms with Gasteiger partial charge in [-0.05, 0) is 19.4 Å². The summed E-state index contributed by atoms with van der Waals surface area (Å²) in [6.07, 6.45) is 0.949. The van der Waals surface area contributed by atoms with E-state index in [9.17, 15) is 5.11 Å². The van der Waals surface area contributed by atoms with E-state index in [1.54, 1.807) is 0 Å². The summed E-state index contributed by atoms with van der Waals surface area (Å²) in [6.45, 7) is 0.286. The van der Waals surface area contributed by atoms with E-state index in [0.29, 0.717) is 13.0 Å². The van der Waals surface area contributed by atoms with E-state index in [1.165, 1.54) is 0 Å². The van der Waals surface area contributed by atoms with Crippen molar-refractivity contribution in [3.05, 3.63) is 0 Å². The molecule has 3 atom stereocenters. The van der Waals surface area contributed by atoms with Crippen molar-refractivity contribution >= 4 is 0 Å². The minimum Gasteiger partial charge on any atom is -0.394 e. The highest BCUT2D eigenvalue weighted by Crippen LogP contribution is 2.07. The Hall–Kier alpha value is -0.200. The van der Waals surface area contributed by atoms with E-state index in [4.69, 9.17) is 21.7 Å². The molecule has 0 heterocycles. The van der Waals surface area contributed by atoms with Crippen LogP contribution in [0.2, 0.25) is 0 Å². The van der Waals surface area contributed by atoms with Gasteiger partial charge in [0.1, 0.15) is 0 Å². The van der Waals surface area contributed by atoms with E-state index in [-0.39, 0.29) is 19.1 Å². The third-order valence-electron chi connectivity index (χ3n) is 2.21. The van der Waals surface area contributed by atoms with E-state index >= 15 is 0 Å². The van der Waals surface area contributed by atoms with Crippen molar-refractivity contribution in [2.45, 2.75) is 43.9 Å². The van der Waals surface area contributed by atoms with Crippen LogP contribution < -0.4 is 11.5 Å². The summed E-state index contributed by atoms with van der Waals surface area (Å²) in [6, 6.07) is -0.345. The van der Waals surface area contributed by atoms with Crippen LogP contribution in [0.5, 0.6) is 0 Å². The van der Waals surface area contributed by atoms with Crippen molar-refractivity contribution in [2.24, 2.45) is 11.5 Å². The topological polar surface area (TPSA) is 113 Å². The molecule has 0 bridgehead atoms. The Morgan fingerprint density at radius 1 is 1.14 bits per heavy atom. The van der Waals surface area contributed by atoms with Crippen LogP contribution in [-0.2, 0) is 0 Å². The molecule has 0 radical (unpaired) electrons. The molecule has 86 valence electrons. The molecular formula is C9H22N2O3. The minimum atomic E-state index is -0.884. The zero-order chi connectivity index (χ0) is 11.0. The second-order valence-corrected chi connectivity index (χ2v) is 3.59. The number of rotatable bonds is 8. The lowest BCUT2D eigenvalue weighted by atomic mass is 10.0. The Bertz CT molecular complexity index is 135. The van der Waals surface area contributed by atoms with Gasteiger partial charge in [-0.15, -0.1) is 0 Å². The van der Waals surface area contributed by atoms with Crippen LogP contribution in [0.25, 0.3) is 0 Å². The van der Waals surface area contributed by atoms with Crippen molar-refractivity contribution in [1.29, 1.82) is 0 Å². The summed E-state index contributed by atoms with van der Waals surface area (Å²) in [4.78, 5) is 0. The molecule has 7 N–H and O–H groups in total. The highest BCUT2D eigenvalue weighted by atomic mass is 16.3. The van der Waals surface area contributed by atoms with E-state index in [1.807, 2.05) is 0 Å². The van der Waals surface area contributed by atoms with Gasteiger partial charge in [0.25, 0.3) is 0 Å². The molecule has 5 heteroatoms. The lowest BCUT2D eigenvalue weighted by Crippen LogP contribution is -2.37. The monoisotopic (exact) mass is 206 g/mol. The quantitative estimate of drug-likeness (QED) is 0.312. The summed E-state index contributed by atoms with van der Waals surface area (Å²) in [5.41, 5.74) is 11.0. The third-order valence-corrected chi connectivity index (χ3v) is 2.21. The van der Waals surface area contributed by atoms with Crippen molar-refractivity contribution in [3.8, 4) is 0 Å². The highest BCUT2D eigenvalue weighted by molar-refractivity contribution is 4.74. The zero-order valence-electron chi connectivity index (χ0n) is 8.47. The maximum absolute atomic E-state index is 9.49. The molecule has 0 aliphatic heterocycles. The molecule has 0 aliphatic rings. The fourth-order valence-electron chi connectivity index (χ4n) is 1.24. The van der Waals surface area contributed by atoms with E-state index < -0.39 is 12.2 Å². The van der Waals surface area contributed by atoms with Gasteiger partial charge in [-0.1, -0.05) is 6.42 Å². The molecule has 2 unspecified atom stereocenters. The normalized spacial score (nSPS) is 17.8. The van der Waals surface area contributed by atoms with Gasteiger partial charge in [0, 0.05) is 12.5 Å². The van der Waals surface area contributed by atoms with Gasteiger partial charge < -0.3 is 26.8 Å². The maximum Gasteiger partial charge on any atom is 0.0796 e. The first-order chi connectivity index (χ1) is 6.61. The molecule has 0 aromatic carbocycles. The predicted molar refractivity (Wildman–Crippen MR) is 54.6 cm³/mol. The molecule has 5 nitrogen and oxygen atoms in total. The average molecular weight is 206 g/mol. The highest BCUT2D eigenvalue weighted by Gasteiger charge is 2.17. The Morgan fingerprint density at radius 2 is 1.79 bits per heavy atom. The Labute approximate surface area is 84.7 Å². The molecule has 0 spiro atoms. The number of aliphatic hydroxyl groups is 3. The van der Waals surface area contributed by atoms with E-state index in [0.717, 1.165) is 12.8 Å². The molecule has 0 fully saturated rings. The van der Waals surface area contributed by atoms with Crippen LogP contribution in [0.1, 0.15) is 25.7 Å². The van der Waals surface area contributed by atoms with Crippen molar-refractivity contribution in [2.75, 3.05) is 13.2 Å². The smallest absolute Gasteiger partial charge is 0.0796 e. The van der Waals surface area contributed by atoms with Crippen molar-refractivity contribution in [1.82, 2.24) is 0 Å². The molecule has 0 aliphatic carbocycles. The van der Waals surface area contributed by atoms with E-state index in [2.05, 4.69) is 0 Å². The van der Waals surface area contributed by atoms with Gasteiger partial charge in [0.05, 0.1) is 18.8 Å². The van der Waals surface area contributed by atoms with Crippen molar-refractivity contribution < 1.29 is 15.3 Å².